The first kappa shape index (κ1) is 20.3. The third-order valence-corrected chi connectivity index (χ3v) is 4.53. The Hall–Kier alpha value is -2.46. The third kappa shape index (κ3) is 4.68. The van der Waals surface area contributed by atoms with Crippen molar-refractivity contribution in [3.8, 4) is 5.75 Å². The van der Waals surface area contributed by atoms with Gasteiger partial charge in [0.2, 0.25) is 5.95 Å². The van der Waals surface area contributed by atoms with E-state index in [0.29, 0.717) is 30.2 Å². The summed E-state index contributed by atoms with van der Waals surface area (Å²) in [6, 6.07) is 3.77. The van der Waals surface area contributed by atoms with Crippen LogP contribution < -0.4 is 21.1 Å². The summed E-state index contributed by atoms with van der Waals surface area (Å²) < 4.78 is 47.2. The summed E-state index contributed by atoms with van der Waals surface area (Å²) >= 11 is 6.29. The second kappa shape index (κ2) is 7.88. The zero-order valence-electron chi connectivity index (χ0n) is 15.0. The van der Waals surface area contributed by atoms with E-state index in [1.54, 1.807) is 13.0 Å². The van der Waals surface area contributed by atoms with Gasteiger partial charge >= 0.3 is 6.36 Å². The highest BCUT2D eigenvalue weighted by Crippen LogP contribution is 2.39. The molecular formula is C17H19ClF3N5O2. The number of anilines is 3. The Morgan fingerprint density at radius 3 is 2.68 bits per heavy atom. The van der Waals surface area contributed by atoms with E-state index < -0.39 is 18.2 Å². The Labute approximate surface area is 164 Å². The van der Waals surface area contributed by atoms with E-state index in [1.165, 1.54) is 6.07 Å². The maximum absolute atomic E-state index is 12.5. The van der Waals surface area contributed by atoms with Crippen LogP contribution in [-0.2, 0) is 4.74 Å². The van der Waals surface area contributed by atoms with Gasteiger partial charge in [-0.1, -0.05) is 11.6 Å². The first-order valence-electron chi connectivity index (χ1n) is 8.44. The molecule has 0 radical (unpaired) electrons. The van der Waals surface area contributed by atoms with Crippen LogP contribution in [0.15, 0.2) is 18.2 Å². The quantitative estimate of drug-likeness (QED) is 0.737. The van der Waals surface area contributed by atoms with Crippen LogP contribution in [0.4, 0.5) is 30.6 Å². The van der Waals surface area contributed by atoms with E-state index in [9.17, 15) is 13.2 Å². The summed E-state index contributed by atoms with van der Waals surface area (Å²) in [5.74, 6) is 0.147. The largest absolute Gasteiger partial charge is 0.573 e. The number of aromatic nitrogens is 2. The molecule has 0 unspecified atom stereocenters. The van der Waals surface area contributed by atoms with Crippen LogP contribution in [-0.4, -0.2) is 36.1 Å². The second-order valence-electron chi connectivity index (χ2n) is 6.32. The molecule has 1 fully saturated rings. The number of aryl methyl sites for hydroxylation is 1. The summed E-state index contributed by atoms with van der Waals surface area (Å²) in [5.41, 5.74) is 12.6. The van der Waals surface area contributed by atoms with E-state index in [4.69, 9.17) is 27.8 Å². The van der Waals surface area contributed by atoms with Gasteiger partial charge in [0, 0.05) is 36.0 Å². The standard InChI is InChI=1S/C17H19ClF3N5O2/c1-9-5-15(25-16(23)24-9)26-3-2-4-27-8-13(26)10-6-12(22)14(7-11(10)18)28-17(19,20)21/h5-7,13H,2-4,8,22H2,1H3,(H2,23,24,25)/t13-/m0/s1. The highest BCUT2D eigenvalue weighted by Gasteiger charge is 2.33. The number of nitrogens with two attached hydrogens (primary N) is 2. The van der Waals surface area contributed by atoms with Gasteiger partial charge in [0.25, 0.3) is 0 Å². The number of hydrogen-bond acceptors (Lipinski definition) is 7. The predicted molar refractivity (Wildman–Crippen MR) is 99.3 cm³/mol. The summed E-state index contributed by atoms with van der Waals surface area (Å²) in [5, 5.41) is 0.0766. The molecular weight excluding hydrogens is 399 g/mol. The minimum absolute atomic E-state index is 0.0766. The van der Waals surface area contributed by atoms with Gasteiger partial charge in [0.1, 0.15) is 5.82 Å². The van der Waals surface area contributed by atoms with Gasteiger partial charge in [-0.15, -0.1) is 13.2 Å². The van der Waals surface area contributed by atoms with E-state index in [-0.39, 0.29) is 23.3 Å². The Bertz CT molecular complexity index is 845. The van der Waals surface area contributed by atoms with Gasteiger partial charge in [0.15, 0.2) is 5.75 Å². The fraction of sp³-hybridized carbons (Fsp3) is 0.412. The van der Waals surface area contributed by atoms with Crippen molar-refractivity contribution in [1.82, 2.24) is 9.97 Å². The second-order valence-corrected chi connectivity index (χ2v) is 6.73. The Kier molecular flexibility index (Phi) is 5.71. The summed E-state index contributed by atoms with van der Waals surface area (Å²) in [6.07, 6.45) is -4.14. The number of alkyl halides is 3. The molecule has 7 nitrogen and oxygen atoms in total. The van der Waals surface area contributed by atoms with Crippen LogP contribution in [0.3, 0.4) is 0 Å². The number of nitrogens with zero attached hydrogens (tertiary/aromatic N) is 3. The van der Waals surface area contributed by atoms with Crippen molar-refractivity contribution in [2.45, 2.75) is 25.7 Å². The van der Waals surface area contributed by atoms with Crippen LogP contribution in [0, 0.1) is 6.92 Å². The molecule has 1 atom stereocenters. The fourth-order valence-electron chi connectivity index (χ4n) is 3.09. The lowest BCUT2D eigenvalue weighted by molar-refractivity contribution is -0.274. The van der Waals surface area contributed by atoms with Gasteiger partial charge in [-0.05, 0) is 25.0 Å². The monoisotopic (exact) mass is 417 g/mol. The average Bonchev–Trinajstić information content (AvgIpc) is 2.81. The first-order chi connectivity index (χ1) is 13.1. The predicted octanol–water partition coefficient (Wildman–Crippen LogP) is 3.47. The molecule has 0 aliphatic carbocycles. The molecule has 2 heterocycles. The summed E-state index contributed by atoms with van der Waals surface area (Å²) in [7, 11) is 0. The van der Waals surface area contributed by atoms with Gasteiger partial charge in [-0.2, -0.15) is 4.98 Å². The molecule has 1 aromatic carbocycles. The molecule has 28 heavy (non-hydrogen) atoms. The number of ether oxygens (including phenoxy) is 2. The summed E-state index contributed by atoms with van der Waals surface area (Å²) in [4.78, 5) is 10.3. The first-order valence-corrected chi connectivity index (χ1v) is 8.82. The highest BCUT2D eigenvalue weighted by atomic mass is 35.5. The van der Waals surface area contributed by atoms with Gasteiger partial charge in [0.05, 0.1) is 18.3 Å². The third-order valence-electron chi connectivity index (χ3n) is 4.21. The van der Waals surface area contributed by atoms with Crippen molar-refractivity contribution in [2.24, 2.45) is 0 Å². The van der Waals surface area contributed by atoms with Crippen molar-refractivity contribution in [2.75, 3.05) is 36.1 Å². The van der Waals surface area contributed by atoms with Gasteiger partial charge in [-0.3, -0.25) is 0 Å². The number of nitrogen functional groups attached to an aromatic ring is 2. The highest BCUT2D eigenvalue weighted by molar-refractivity contribution is 6.31. The Morgan fingerprint density at radius 1 is 1.25 bits per heavy atom. The smallest absolute Gasteiger partial charge is 0.404 e. The van der Waals surface area contributed by atoms with Crippen molar-refractivity contribution in [1.29, 1.82) is 0 Å². The zero-order chi connectivity index (χ0) is 20.5. The molecule has 0 saturated carbocycles. The lowest BCUT2D eigenvalue weighted by Gasteiger charge is -2.32. The van der Waals surface area contributed by atoms with Crippen LogP contribution in [0.5, 0.6) is 5.75 Å². The zero-order valence-corrected chi connectivity index (χ0v) is 15.7. The van der Waals surface area contributed by atoms with E-state index in [1.807, 2.05) is 4.90 Å². The maximum Gasteiger partial charge on any atom is 0.573 e. The molecule has 152 valence electrons. The number of halogens is 4. The molecule has 2 aromatic rings. The van der Waals surface area contributed by atoms with Crippen molar-refractivity contribution >= 4 is 29.1 Å². The van der Waals surface area contributed by atoms with Crippen LogP contribution in [0.25, 0.3) is 0 Å². The molecule has 1 saturated heterocycles. The molecule has 1 aliphatic heterocycles. The topological polar surface area (TPSA) is 99.5 Å². The van der Waals surface area contributed by atoms with Crippen LogP contribution in [0.2, 0.25) is 5.02 Å². The Morgan fingerprint density at radius 2 is 2.00 bits per heavy atom. The molecule has 11 heteroatoms. The maximum atomic E-state index is 12.5. The van der Waals surface area contributed by atoms with Gasteiger partial charge < -0.3 is 25.8 Å². The summed E-state index contributed by atoms with van der Waals surface area (Å²) in [6.45, 7) is 3.15. The lowest BCUT2D eigenvalue weighted by atomic mass is 10.0. The Balaban J connectivity index is 2.02. The van der Waals surface area contributed by atoms with Crippen LogP contribution >= 0.6 is 11.6 Å². The minimum atomic E-state index is -4.87. The van der Waals surface area contributed by atoms with Crippen LogP contribution in [0.1, 0.15) is 23.7 Å². The van der Waals surface area contributed by atoms with Gasteiger partial charge in [-0.25, -0.2) is 4.98 Å². The lowest BCUT2D eigenvalue weighted by Crippen LogP contribution is -2.32. The number of benzene rings is 1. The molecule has 0 bridgehead atoms. The SMILES string of the molecule is Cc1cc(N2CCCOC[C@H]2c2cc(N)c(OC(F)(F)F)cc2Cl)nc(N)n1. The molecule has 3 rings (SSSR count). The van der Waals surface area contributed by atoms with E-state index in [0.717, 1.165) is 12.5 Å². The number of hydrogen-bond donors (Lipinski definition) is 2. The molecule has 1 aliphatic rings. The van der Waals surface area contributed by atoms with E-state index >= 15 is 0 Å². The van der Waals surface area contributed by atoms with E-state index in [2.05, 4.69) is 14.7 Å². The van der Waals surface area contributed by atoms with Crippen molar-refractivity contribution in [3.05, 3.63) is 34.5 Å². The minimum Gasteiger partial charge on any atom is -0.404 e. The molecule has 0 spiro atoms. The number of rotatable bonds is 3. The fourth-order valence-corrected chi connectivity index (χ4v) is 3.37. The normalized spacial score (nSPS) is 18.0. The average molecular weight is 418 g/mol. The van der Waals surface area contributed by atoms with Crippen molar-refractivity contribution in [3.63, 3.8) is 0 Å². The van der Waals surface area contributed by atoms with Crippen molar-refractivity contribution < 1.29 is 22.6 Å². The molecule has 0 amide bonds. The molecule has 4 N–H and O–H groups in total. The molecule has 1 aromatic heterocycles.